The van der Waals surface area contributed by atoms with Crippen molar-refractivity contribution < 1.29 is 4.79 Å². The van der Waals surface area contributed by atoms with Gasteiger partial charge in [0.15, 0.2) is 0 Å². The number of nitrogens with zero attached hydrogens (tertiary/aromatic N) is 2. The normalized spacial score (nSPS) is 10.4. The predicted octanol–water partition coefficient (Wildman–Crippen LogP) is 4.28. The van der Waals surface area contributed by atoms with Crippen LogP contribution in [0.1, 0.15) is 40.9 Å². The average molecular weight is 360 g/mol. The van der Waals surface area contributed by atoms with Gasteiger partial charge in [-0.25, -0.2) is 4.98 Å². The van der Waals surface area contributed by atoms with Gasteiger partial charge in [0.1, 0.15) is 5.82 Å². The summed E-state index contributed by atoms with van der Waals surface area (Å²) in [5.74, 6) is 0.541. The molecule has 2 heterocycles. The van der Waals surface area contributed by atoms with Crippen LogP contribution in [0.2, 0.25) is 0 Å². The molecule has 0 saturated carbocycles. The molecule has 0 aliphatic heterocycles. The lowest BCUT2D eigenvalue weighted by Crippen LogP contribution is -2.22. The number of hydrogen-bond donors (Lipinski definition) is 2. The first-order chi connectivity index (χ1) is 13.2. The van der Waals surface area contributed by atoms with Gasteiger partial charge < -0.3 is 10.6 Å². The fourth-order valence-electron chi connectivity index (χ4n) is 2.96. The van der Waals surface area contributed by atoms with E-state index in [1.807, 2.05) is 12.1 Å². The number of para-hydroxylation sites is 1. The highest BCUT2D eigenvalue weighted by molar-refractivity contribution is 5.94. The van der Waals surface area contributed by atoms with Gasteiger partial charge in [-0.3, -0.25) is 9.78 Å². The molecule has 0 bridgehead atoms. The summed E-state index contributed by atoms with van der Waals surface area (Å²) in [5, 5.41) is 6.34. The van der Waals surface area contributed by atoms with Crippen LogP contribution in [0.15, 0.2) is 61.1 Å². The van der Waals surface area contributed by atoms with Crippen molar-refractivity contribution in [2.24, 2.45) is 0 Å². The Balaban J connectivity index is 1.75. The number of carbonyl (C=O) groups is 1. The molecule has 0 unspecified atom stereocenters. The highest BCUT2D eigenvalue weighted by Crippen LogP contribution is 2.26. The number of anilines is 2. The summed E-state index contributed by atoms with van der Waals surface area (Å²) >= 11 is 0. The molecule has 0 saturated heterocycles. The molecule has 1 aromatic carbocycles. The van der Waals surface area contributed by atoms with Crippen molar-refractivity contribution in [1.29, 1.82) is 0 Å². The van der Waals surface area contributed by atoms with Crippen LogP contribution in [-0.2, 0) is 19.4 Å². The van der Waals surface area contributed by atoms with Crippen LogP contribution in [0, 0.1) is 0 Å². The third kappa shape index (κ3) is 4.70. The fourth-order valence-corrected chi connectivity index (χ4v) is 2.96. The Kier molecular flexibility index (Phi) is 6.15. The third-order valence-electron chi connectivity index (χ3n) is 4.48. The van der Waals surface area contributed by atoms with Crippen LogP contribution in [0.3, 0.4) is 0 Å². The van der Waals surface area contributed by atoms with Crippen molar-refractivity contribution in [3.8, 4) is 0 Å². The van der Waals surface area contributed by atoms with Gasteiger partial charge in [0.2, 0.25) is 0 Å². The van der Waals surface area contributed by atoms with Crippen molar-refractivity contribution in [3.05, 3.63) is 83.3 Å². The Morgan fingerprint density at radius 1 is 0.963 bits per heavy atom. The maximum atomic E-state index is 12.5. The van der Waals surface area contributed by atoms with E-state index in [2.05, 4.69) is 52.6 Å². The van der Waals surface area contributed by atoms with Crippen LogP contribution in [0.25, 0.3) is 0 Å². The summed E-state index contributed by atoms with van der Waals surface area (Å²) in [6.07, 6.45) is 6.95. The molecule has 2 N–H and O–H groups in total. The zero-order valence-electron chi connectivity index (χ0n) is 15.7. The van der Waals surface area contributed by atoms with E-state index in [1.54, 1.807) is 30.7 Å². The maximum absolute atomic E-state index is 12.5. The summed E-state index contributed by atoms with van der Waals surface area (Å²) in [4.78, 5) is 20.9. The van der Waals surface area contributed by atoms with Gasteiger partial charge in [-0.05, 0) is 53.8 Å². The van der Waals surface area contributed by atoms with Crippen LogP contribution in [0.5, 0.6) is 0 Å². The van der Waals surface area contributed by atoms with Gasteiger partial charge in [-0.2, -0.15) is 0 Å². The SMILES string of the molecule is CCc1cccc(CC)c1Nc1cc(C(=O)NCc2ccncc2)ccn1. The highest BCUT2D eigenvalue weighted by Gasteiger charge is 2.10. The zero-order valence-corrected chi connectivity index (χ0v) is 15.7. The molecular formula is C22H24N4O. The van der Waals surface area contributed by atoms with Gasteiger partial charge in [0.05, 0.1) is 0 Å². The molecule has 27 heavy (non-hydrogen) atoms. The third-order valence-corrected chi connectivity index (χ3v) is 4.48. The van der Waals surface area contributed by atoms with Crippen molar-refractivity contribution >= 4 is 17.4 Å². The molecule has 0 fully saturated rings. The number of nitrogens with one attached hydrogen (secondary N) is 2. The van der Waals surface area contributed by atoms with E-state index in [1.165, 1.54) is 11.1 Å². The molecule has 138 valence electrons. The number of hydrogen-bond acceptors (Lipinski definition) is 4. The van der Waals surface area contributed by atoms with Gasteiger partial charge in [0.25, 0.3) is 5.91 Å². The number of carbonyl (C=O) groups excluding carboxylic acids is 1. The Morgan fingerprint density at radius 2 is 1.67 bits per heavy atom. The monoisotopic (exact) mass is 360 g/mol. The molecule has 5 heteroatoms. The topological polar surface area (TPSA) is 66.9 Å². The highest BCUT2D eigenvalue weighted by atomic mass is 16.1. The minimum atomic E-state index is -0.128. The average Bonchev–Trinajstić information content (AvgIpc) is 2.73. The minimum Gasteiger partial charge on any atom is -0.348 e. The van der Waals surface area contributed by atoms with E-state index < -0.39 is 0 Å². The number of rotatable bonds is 7. The van der Waals surface area contributed by atoms with E-state index in [0.29, 0.717) is 17.9 Å². The van der Waals surface area contributed by atoms with E-state index in [0.717, 1.165) is 24.1 Å². The largest absolute Gasteiger partial charge is 0.348 e. The molecular weight excluding hydrogens is 336 g/mol. The molecule has 3 aromatic rings. The molecule has 3 rings (SSSR count). The number of benzene rings is 1. The molecule has 0 atom stereocenters. The first-order valence-electron chi connectivity index (χ1n) is 9.22. The van der Waals surface area contributed by atoms with Gasteiger partial charge in [-0.1, -0.05) is 32.0 Å². The van der Waals surface area contributed by atoms with E-state index in [9.17, 15) is 4.79 Å². The standard InChI is InChI=1S/C22H24N4O/c1-3-17-6-5-7-18(4-2)21(17)26-20-14-19(10-13-24-20)22(27)25-15-16-8-11-23-12-9-16/h5-14H,3-4,15H2,1-2H3,(H,24,26)(H,25,27). The van der Waals surface area contributed by atoms with Gasteiger partial charge >= 0.3 is 0 Å². The van der Waals surface area contributed by atoms with Gasteiger partial charge in [0, 0.05) is 36.4 Å². The Hall–Kier alpha value is -3.21. The zero-order chi connectivity index (χ0) is 19.1. The van der Waals surface area contributed by atoms with Crippen molar-refractivity contribution in [2.45, 2.75) is 33.2 Å². The Bertz CT molecular complexity index is 887. The number of aryl methyl sites for hydroxylation is 2. The second-order valence-electron chi connectivity index (χ2n) is 6.25. The summed E-state index contributed by atoms with van der Waals surface area (Å²) in [6.45, 7) is 4.73. The molecule has 5 nitrogen and oxygen atoms in total. The lowest BCUT2D eigenvalue weighted by atomic mass is 10.0. The van der Waals surface area contributed by atoms with E-state index in [-0.39, 0.29) is 5.91 Å². The molecule has 0 aliphatic carbocycles. The lowest BCUT2D eigenvalue weighted by Gasteiger charge is -2.15. The summed E-state index contributed by atoms with van der Waals surface area (Å²) in [7, 11) is 0. The molecule has 0 radical (unpaired) electrons. The first-order valence-corrected chi connectivity index (χ1v) is 9.22. The molecule has 0 aliphatic rings. The minimum absolute atomic E-state index is 0.128. The van der Waals surface area contributed by atoms with E-state index in [4.69, 9.17) is 0 Å². The Labute approximate surface area is 159 Å². The second kappa shape index (κ2) is 8.94. The number of amides is 1. The smallest absolute Gasteiger partial charge is 0.251 e. The van der Waals surface area contributed by atoms with Crippen LogP contribution in [0.4, 0.5) is 11.5 Å². The predicted molar refractivity (Wildman–Crippen MR) is 108 cm³/mol. The summed E-state index contributed by atoms with van der Waals surface area (Å²) in [5.41, 5.74) is 5.15. The quantitative estimate of drug-likeness (QED) is 0.660. The summed E-state index contributed by atoms with van der Waals surface area (Å²) in [6, 6.07) is 13.6. The van der Waals surface area contributed by atoms with Crippen molar-refractivity contribution in [3.63, 3.8) is 0 Å². The Morgan fingerprint density at radius 3 is 2.33 bits per heavy atom. The summed E-state index contributed by atoms with van der Waals surface area (Å²) < 4.78 is 0. The number of aromatic nitrogens is 2. The molecule has 2 aromatic heterocycles. The van der Waals surface area contributed by atoms with Crippen molar-refractivity contribution in [1.82, 2.24) is 15.3 Å². The van der Waals surface area contributed by atoms with Crippen molar-refractivity contribution in [2.75, 3.05) is 5.32 Å². The lowest BCUT2D eigenvalue weighted by molar-refractivity contribution is 0.0951. The molecule has 0 spiro atoms. The maximum Gasteiger partial charge on any atom is 0.251 e. The fraction of sp³-hybridized carbons (Fsp3) is 0.227. The number of pyridine rings is 2. The second-order valence-corrected chi connectivity index (χ2v) is 6.25. The van der Waals surface area contributed by atoms with Crippen LogP contribution >= 0.6 is 0 Å². The van der Waals surface area contributed by atoms with Gasteiger partial charge in [-0.15, -0.1) is 0 Å². The molecule has 1 amide bonds. The van der Waals surface area contributed by atoms with Crippen LogP contribution in [-0.4, -0.2) is 15.9 Å². The first kappa shape index (κ1) is 18.6. The van der Waals surface area contributed by atoms with E-state index >= 15 is 0 Å². The van der Waals surface area contributed by atoms with Crippen LogP contribution < -0.4 is 10.6 Å².